The normalized spacial score (nSPS) is 10.7. The smallest absolute Gasteiger partial charge is 0.229 e. The lowest BCUT2D eigenvalue weighted by Crippen LogP contribution is -2.15. The minimum atomic E-state index is -0.0877. The number of fused-ring (bicyclic) bond motifs is 1. The molecule has 0 unspecified atom stereocenters. The van der Waals surface area contributed by atoms with Crippen LogP contribution in [0.15, 0.2) is 42.5 Å². The average molecular weight is 326 g/mol. The second kappa shape index (κ2) is 6.79. The molecule has 0 atom stereocenters. The number of thiazole rings is 1. The summed E-state index contributed by atoms with van der Waals surface area (Å²) in [4.78, 5) is 16.5. The van der Waals surface area contributed by atoms with Gasteiger partial charge in [0.15, 0.2) is 5.13 Å². The Labute approximate surface area is 139 Å². The maximum Gasteiger partial charge on any atom is 0.229 e. The van der Waals surface area contributed by atoms with Gasteiger partial charge in [0.05, 0.1) is 23.2 Å². The van der Waals surface area contributed by atoms with Crippen molar-refractivity contribution >= 4 is 32.6 Å². The predicted octanol–water partition coefficient (Wildman–Crippen LogP) is 4.32. The van der Waals surface area contributed by atoms with Crippen LogP contribution in [0.25, 0.3) is 10.2 Å². The third-order valence-corrected chi connectivity index (χ3v) is 4.64. The number of aromatic nitrogens is 1. The third kappa shape index (κ3) is 3.68. The van der Waals surface area contributed by atoms with Gasteiger partial charge in [-0.1, -0.05) is 41.7 Å². The highest BCUT2D eigenvalue weighted by molar-refractivity contribution is 7.22. The Bertz CT molecular complexity index is 789. The van der Waals surface area contributed by atoms with Gasteiger partial charge in [-0.2, -0.15) is 0 Å². The van der Waals surface area contributed by atoms with Gasteiger partial charge in [-0.05, 0) is 37.1 Å². The molecule has 1 amide bonds. The molecule has 0 aliphatic rings. The van der Waals surface area contributed by atoms with Crippen LogP contribution < -0.4 is 10.1 Å². The fraction of sp³-hybridized carbons (Fsp3) is 0.222. The van der Waals surface area contributed by atoms with Crippen molar-refractivity contribution in [1.82, 2.24) is 4.98 Å². The molecule has 0 bridgehead atoms. The second-order valence-corrected chi connectivity index (χ2v) is 6.35. The van der Waals surface area contributed by atoms with Crippen LogP contribution in [0.1, 0.15) is 17.5 Å². The van der Waals surface area contributed by atoms with Gasteiger partial charge in [-0.15, -0.1) is 0 Å². The highest BCUT2D eigenvalue weighted by atomic mass is 32.1. The molecule has 0 fully saturated rings. The van der Waals surface area contributed by atoms with Crippen molar-refractivity contribution in [3.63, 3.8) is 0 Å². The molecule has 0 aliphatic carbocycles. The zero-order chi connectivity index (χ0) is 16.2. The van der Waals surface area contributed by atoms with E-state index in [0.29, 0.717) is 18.2 Å². The number of anilines is 1. The van der Waals surface area contributed by atoms with Crippen LogP contribution in [0, 0.1) is 13.8 Å². The first-order valence-electron chi connectivity index (χ1n) is 7.48. The Morgan fingerprint density at radius 2 is 1.87 bits per heavy atom. The Morgan fingerprint density at radius 1 is 1.13 bits per heavy atom. The van der Waals surface area contributed by atoms with Gasteiger partial charge in [-0.25, -0.2) is 4.98 Å². The van der Waals surface area contributed by atoms with Crippen LogP contribution in [-0.4, -0.2) is 17.5 Å². The molecular weight excluding hydrogens is 308 g/mol. The molecule has 1 heterocycles. The molecule has 1 aromatic heterocycles. The Hall–Kier alpha value is -2.40. The van der Waals surface area contributed by atoms with E-state index in [1.165, 1.54) is 16.9 Å². The highest BCUT2D eigenvalue weighted by Gasteiger charge is 2.11. The molecule has 5 heteroatoms. The van der Waals surface area contributed by atoms with E-state index in [9.17, 15) is 4.79 Å². The number of para-hydroxylation sites is 1. The summed E-state index contributed by atoms with van der Waals surface area (Å²) in [5.74, 6) is 0.682. The summed E-state index contributed by atoms with van der Waals surface area (Å²) in [5, 5.41) is 3.50. The first-order valence-corrected chi connectivity index (χ1v) is 8.29. The number of aryl methyl sites for hydroxylation is 2. The maximum atomic E-state index is 12.0. The van der Waals surface area contributed by atoms with Crippen LogP contribution >= 0.6 is 11.3 Å². The predicted molar refractivity (Wildman–Crippen MR) is 94.3 cm³/mol. The number of nitrogens with one attached hydrogen (secondary N) is 1. The van der Waals surface area contributed by atoms with Crippen molar-refractivity contribution in [3.05, 3.63) is 53.6 Å². The topological polar surface area (TPSA) is 51.2 Å². The maximum absolute atomic E-state index is 12.0. The first-order chi connectivity index (χ1) is 11.1. The monoisotopic (exact) mass is 326 g/mol. The van der Waals surface area contributed by atoms with Crippen molar-refractivity contribution in [2.24, 2.45) is 0 Å². The van der Waals surface area contributed by atoms with Gasteiger partial charge in [0, 0.05) is 0 Å². The Morgan fingerprint density at radius 3 is 2.61 bits per heavy atom. The van der Waals surface area contributed by atoms with E-state index in [4.69, 9.17) is 4.74 Å². The molecule has 3 aromatic rings. The number of nitrogens with zero attached hydrogens (tertiary/aromatic N) is 1. The molecule has 2 aromatic carbocycles. The Balaban J connectivity index is 1.60. The summed E-state index contributed by atoms with van der Waals surface area (Å²) >= 11 is 1.51. The van der Waals surface area contributed by atoms with Gasteiger partial charge >= 0.3 is 0 Å². The van der Waals surface area contributed by atoms with Crippen molar-refractivity contribution in [1.29, 1.82) is 0 Å². The fourth-order valence-corrected chi connectivity index (χ4v) is 3.30. The molecule has 0 saturated heterocycles. The number of benzene rings is 2. The van der Waals surface area contributed by atoms with Crippen LogP contribution in [0.4, 0.5) is 5.13 Å². The SMILES string of the molecule is Cc1ccc(C)c2sc(NC(=O)CCOc3ccccc3)nc12. The number of ether oxygens (including phenoxy) is 1. The number of hydrogen-bond donors (Lipinski definition) is 1. The molecule has 0 spiro atoms. The summed E-state index contributed by atoms with van der Waals surface area (Å²) in [6, 6.07) is 13.6. The summed E-state index contributed by atoms with van der Waals surface area (Å²) in [6.07, 6.45) is 0.294. The van der Waals surface area contributed by atoms with Crippen LogP contribution in [0.2, 0.25) is 0 Å². The molecule has 0 saturated carbocycles. The van der Waals surface area contributed by atoms with Crippen LogP contribution in [0.5, 0.6) is 5.75 Å². The molecule has 118 valence electrons. The summed E-state index contributed by atoms with van der Waals surface area (Å²) in [5.41, 5.74) is 3.26. The zero-order valence-electron chi connectivity index (χ0n) is 13.1. The number of rotatable bonds is 5. The average Bonchev–Trinajstić information content (AvgIpc) is 2.97. The van der Waals surface area contributed by atoms with E-state index >= 15 is 0 Å². The van der Waals surface area contributed by atoms with E-state index in [1.54, 1.807) is 0 Å². The van der Waals surface area contributed by atoms with Crippen LogP contribution in [0.3, 0.4) is 0 Å². The van der Waals surface area contributed by atoms with E-state index in [2.05, 4.69) is 29.4 Å². The van der Waals surface area contributed by atoms with Crippen molar-refractivity contribution in [2.45, 2.75) is 20.3 Å². The zero-order valence-corrected chi connectivity index (χ0v) is 13.9. The lowest BCUT2D eigenvalue weighted by molar-refractivity contribution is -0.116. The fourth-order valence-electron chi connectivity index (χ4n) is 2.27. The van der Waals surface area contributed by atoms with Gasteiger partial charge in [-0.3, -0.25) is 4.79 Å². The lowest BCUT2D eigenvalue weighted by Gasteiger charge is -2.05. The van der Waals surface area contributed by atoms with E-state index < -0.39 is 0 Å². The number of carbonyl (C=O) groups excluding carboxylic acids is 1. The first kappa shape index (κ1) is 15.5. The highest BCUT2D eigenvalue weighted by Crippen LogP contribution is 2.30. The summed E-state index contributed by atoms with van der Waals surface area (Å²) in [6.45, 7) is 4.43. The molecule has 0 radical (unpaired) electrons. The number of carbonyl (C=O) groups is 1. The largest absolute Gasteiger partial charge is 0.493 e. The van der Waals surface area contributed by atoms with E-state index in [-0.39, 0.29) is 5.91 Å². The van der Waals surface area contributed by atoms with Crippen molar-refractivity contribution in [3.8, 4) is 5.75 Å². The standard InChI is InChI=1S/C18H18N2O2S/c1-12-8-9-13(2)17-16(12)20-18(23-17)19-15(21)10-11-22-14-6-4-3-5-7-14/h3-9H,10-11H2,1-2H3,(H,19,20,21). The molecule has 1 N–H and O–H groups in total. The van der Waals surface area contributed by atoms with Crippen molar-refractivity contribution in [2.75, 3.05) is 11.9 Å². The number of amides is 1. The number of hydrogen-bond acceptors (Lipinski definition) is 4. The molecule has 4 nitrogen and oxygen atoms in total. The van der Waals surface area contributed by atoms with Gasteiger partial charge in [0.1, 0.15) is 5.75 Å². The van der Waals surface area contributed by atoms with Gasteiger partial charge in [0.2, 0.25) is 5.91 Å². The Kier molecular flexibility index (Phi) is 4.57. The molecule has 23 heavy (non-hydrogen) atoms. The molecular formula is C18H18N2O2S. The second-order valence-electron chi connectivity index (χ2n) is 5.36. The lowest BCUT2D eigenvalue weighted by atomic mass is 10.1. The van der Waals surface area contributed by atoms with Crippen molar-refractivity contribution < 1.29 is 9.53 Å². The third-order valence-electron chi connectivity index (χ3n) is 3.53. The van der Waals surface area contributed by atoms with Gasteiger partial charge < -0.3 is 10.1 Å². The molecule has 3 rings (SSSR count). The van der Waals surface area contributed by atoms with E-state index in [0.717, 1.165) is 21.5 Å². The van der Waals surface area contributed by atoms with Gasteiger partial charge in [0.25, 0.3) is 0 Å². The molecule has 0 aliphatic heterocycles. The van der Waals surface area contributed by atoms with E-state index in [1.807, 2.05) is 37.3 Å². The minimum absolute atomic E-state index is 0.0877. The summed E-state index contributed by atoms with van der Waals surface area (Å²) in [7, 11) is 0. The van der Waals surface area contributed by atoms with Crippen LogP contribution in [-0.2, 0) is 4.79 Å². The quantitative estimate of drug-likeness (QED) is 0.759. The summed E-state index contributed by atoms with van der Waals surface area (Å²) < 4.78 is 6.66. The minimum Gasteiger partial charge on any atom is -0.493 e.